The number of hydrogen-bond acceptors (Lipinski definition) is 6. The molecule has 31 heavy (non-hydrogen) atoms. The highest BCUT2D eigenvalue weighted by Gasteiger charge is 2.14. The van der Waals surface area contributed by atoms with Crippen LogP contribution in [-0.4, -0.2) is 31.3 Å². The Labute approximate surface area is 186 Å². The second kappa shape index (κ2) is 9.44. The van der Waals surface area contributed by atoms with Crippen molar-refractivity contribution >= 4 is 34.0 Å². The number of nitrogens with zero attached hydrogens (tertiary/aromatic N) is 1. The van der Waals surface area contributed by atoms with Crippen molar-refractivity contribution in [3.8, 4) is 17.2 Å². The lowest BCUT2D eigenvalue weighted by Gasteiger charge is -2.18. The molecule has 0 aromatic heterocycles. The molecule has 4 rings (SSSR count). The van der Waals surface area contributed by atoms with Gasteiger partial charge in [0.05, 0.1) is 11.8 Å². The van der Waals surface area contributed by atoms with Gasteiger partial charge in [-0.05, 0) is 54.1 Å². The van der Waals surface area contributed by atoms with Crippen molar-refractivity contribution < 1.29 is 23.8 Å². The zero-order valence-electron chi connectivity index (χ0n) is 16.2. The summed E-state index contributed by atoms with van der Waals surface area (Å²) in [5.74, 6) is 0.656. The third kappa shape index (κ3) is 5.29. The molecule has 1 N–H and O–H groups in total. The van der Waals surface area contributed by atoms with E-state index < -0.39 is 5.97 Å². The fourth-order valence-electron chi connectivity index (χ4n) is 2.85. The molecular weight excluding hydrogens is 464 g/mol. The number of hydrogen-bond donors (Lipinski definition) is 1. The van der Waals surface area contributed by atoms with Crippen LogP contribution in [-0.2, 0) is 0 Å². The molecule has 1 aliphatic rings. The number of carbonyl (C=O) groups excluding carboxylic acids is 2. The lowest BCUT2D eigenvalue weighted by molar-refractivity contribution is 0.0734. The van der Waals surface area contributed by atoms with Gasteiger partial charge in [-0.25, -0.2) is 10.2 Å². The fraction of sp³-hybridized carbons (Fsp3) is 0.0870. The monoisotopic (exact) mass is 480 g/mol. The summed E-state index contributed by atoms with van der Waals surface area (Å²) in [6.07, 6.45) is 1.46. The van der Waals surface area contributed by atoms with Gasteiger partial charge in [-0.3, -0.25) is 4.79 Å². The van der Waals surface area contributed by atoms with Gasteiger partial charge in [0.1, 0.15) is 19.0 Å². The molecule has 0 aliphatic carbocycles. The third-order valence-corrected chi connectivity index (χ3v) is 4.81. The van der Waals surface area contributed by atoms with Crippen LogP contribution in [0.1, 0.15) is 26.3 Å². The van der Waals surface area contributed by atoms with Crippen molar-refractivity contribution in [3.63, 3.8) is 0 Å². The van der Waals surface area contributed by atoms with E-state index >= 15 is 0 Å². The number of carbonyl (C=O) groups is 2. The molecule has 0 radical (unpaired) electrons. The highest BCUT2D eigenvalue weighted by atomic mass is 79.9. The van der Waals surface area contributed by atoms with Crippen LogP contribution in [0, 0.1) is 0 Å². The maximum atomic E-state index is 12.3. The quantitative estimate of drug-likeness (QED) is 0.256. The van der Waals surface area contributed by atoms with Gasteiger partial charge < -0.3 is 14.2 Å². The number of nitrogens with one attached hydrogen (secondary N) is 1. The molecule has 1 amide bonds. The van der Waals surface area contributed by atoms with E-state index in [-0.39, 0.29) is 5.91 Å². The van der Waals surface area contributed by atoms with Crippen LogP contribution >= 0.6 is 15.9 Å². The van der Waals surface area contributed by atoms with Gasteiger partial charge in [0.2, 0.25) is 0 Å². The van der Waals surface area contributed by atoms with Gasteiger partial charge in [-0.15, -0.1) is 0 Å². The molecule has 156 valence electrons. The largest absolute Gasteiger partial charge is 0.486 e. The smallest absolute Gasteiger partial charge is 0.343 e. The van der Waals surface area contributed by atoms with Crippen molar-refractivity contribution in [2.24, 2.45) is 5.10 Å². The first-order chi connectivity index (χ1) is 15.1. The molecule has 0 saturated carbocycles. The summed E-state index contributed by atoms with van der Waals surface area (Å²) >= 11 is 3.33. The average molecular weight is 481 g/mol. The molecule has 1 heterocycles. The molecular formula is C23H17BrN2O5. The van der Waals surface area contributed by atoms with Crippen molar-refractivity contribution in [1.29, 1.82) is 0 Å². The average Bonchev–Trinajstić information content (AvgIpc) is 2.79. The Morgan fingerprint density at radius 1 is 0.935 bits per heavy atom. The topological polar surface area (TPSA) is 86.2 Å². The van der Waals surface area contributed by atoms with Crippen LogP contribution in [0.15, 0.2) is 76.3 Å². The summed E-state index contributed by atoms with van der Waals surface area (Å²) in [4.78, 5) is 24.6. The Morgan fingerprint density at radius 3 is 2.58 bits per heavy atom. The fourth-order valence-corrected chi connectivity index (χ4v) is 3.25. The predicted octanol–water partition coefficient (Wildman–Crippen LogP) is 4.20. The number of halogens is 1. The van der Waals surface area contributed by atoms with Crippen LogP contribution in [0.5, 0.6) is 17.2 Å². The number of rotatable bonds is 5. The van der Waals surface area contributed by atoms with E-state index in [1.807, 2.05) is 6.07 Å². The van der Waals surface area contributed by atoms with Crippen LogP contribution in [0.2, 0.25) is 0 Å². The number of benzene rings is 3. The Morgan fingerprint density at radius 2 is 1.74 bits per heavy atom. The van der Waals surface area contributed by atoms with Gasteiger partial charge in [0.15, 0.2) is 11.5 Å². The number of hydrazone groups is 1. The van der Waals surface area contributed by atoms with E-state index in [1.54, 1.807) is 60.7 Å². The first-order valence-electron chi connectivity index (χ1n) is 9.39. The number of amides is 1. The van der Waals surface area contributed by atoms with Gasteiger partial charge in [0.25, 0.3) is 5.91 Å². The molecule has 0 bridgehead atoms. The summed E-state index contributed by atoms with van der Waals surface area (Å²) in [5.41, 5.74) is 3.95. The van der Waals surface area contributed by atoms with E-state index in [1.165, 1.54) is 6.21 Å². The Balaban J connectivity index is 1.38. The second-order valence-corrected chi connectivity index (χ2v) is 7.45. The van der Waals surface area contributed by atoms with Crippen LogP contribution in [0.25, 0.3) is 0 Å². The lowest BCUT2D eigenvalue weighted by Crippen LogP contribution is -2.19. The number of esters is 1. The van der Waals surface area contributed by atoms with E-state index in [0.29, 0.717) is 47.2 Å². The maximum absolute atomic E-state index is 12.3. The first kappa shape index (κ1) is 20.6. The van der Waals surface area contributed by atoms with Crippen molar-refractivity contribution in [3.05, 3.63) is 87.9 Å². The zero-order valence-corrected chi connectivity index (χ0v) is 17.8. The van der Waals surface area contributed by atoms with Crippen LogP contribution in [0.3, 0.4) is 0 Å². The molecule has 7 nitrogen and oxygen atoms in total. The second-order valence-electron chi connectivity index (χ2n) is 6.53. The molecule has 0 unspecified atom stereocenters. The first-order valence-corrected chi connectivity index (χ1v) is 10.2. The Hall–Kier alpha value is -3.65. The molecule has 8 heteroatoms. The minimum absolute atomic E-state index is 0.368. The summed E-state index contributed by atoms with van der Waals surface area (Å²) in [6.45, 7) is 0.929. The van der Waals surface area contributed by atoms with Gasteiger partial charge in [-0.2, -0.15) is 5.10 Å². The van der Waals surface area contributed by atoms with Crippen LogP contribution in [0.4, 0.5) is 0 Å². The third-order valence-electron chi connectivity index (χ3n) is 4.31. The van der Waals surface area contributed by atoms with E-state index in [9.17, 15) is 9.59 Å². The summed E-state index contributed by atoms with van der Waals surface area (Å²) in [5, 5.41) is 3.98. The molecule has 3 aromatic rings. The van der Waals surface area contributed by atoms with E-state index in [4.69, 9.17) is 14.2 Å². The van der Waals surface area contributed by atoms with Crippen molar-refractivity contribution in [1.82, 2.24) is 5.43 Å². The molecule has 0 saturated heterocycles. The zero-order chi connectivity index (χ0) is 21.6. The summed E-state index contributed by atoms with van der Waals surface area (Å²) in [7, 11) is 0. The minimum Gasteiger partial charge on any atom is -0.486 e. The van der Waals surface area contributed by atoms with Gasteiger partial charge in [-0.1, -0.05) is 34.1 Å². The summed E-state index contributed by atoms with van der Waals surface area (Å²) in [6, 6.07) is 18.7. The van der Waals surface area contributed by atoms with Gasteiger partial charge >= 0.3 is 5.97 Å². The lowest BCUT2D eigenvalue weighted by atomic mass is 10.2. The molecule has 0 spiro atoms. The van der Waals surface area contributed by atoms with E-state index in [0.717, 1.165) is 4.47 Å². The van der Waals surface area contributed by atoms with Crippen molar-refractivity contribution in [2.75, 3.05) is 13.2 Å². The normalized spacial score (nSPS) is 12.4. The highest BCUT2D eigenvalue weighted by molar-refractivity contribution is 9.10. The van der Waals surface area contributed by atoms with Crippen LogP contribution < -0.4 is 19.6 Å². The Kier molecular flexibility index (Phi) is 6.28. The molecule has 1 aliphatic heterocycles. The maximum Gasteiger partial charge on any atom is 0.343 e. The van der Waals surface area contributed by atoms with E-state index in [2.05, 4.69) is 26.5 Å². The molecule has 0 fully saturated rings. The predicted molar refractivity (Wildman–Crippen MR) is 118 cm³/mol. The SMILES string of the molecule is O=C(N/N=C/c1cccc(OC(=O)c2cccc(Br)c2)c1)c1ccc2c(c1)OCCO2. The van der Waals surface area contributed by atoms with Gasteiger partial charge in [0, 0.05) is 10.0 Å². The summed E-state index contributed by atoms with van der Waals surface area (Å²) < 4.78 is 17.1. The Bertz CT molecular complexity index is 1160. The minimum atomic E-state index is -0.470. The number of ether oxygens (including phenoxy) is 3. The van der Waals surface area contributed by atoms with Crippen molar-refractivity contribution in [2.45, 2.75) is 0 Å². The highest BCUT2D eigenvalue weighted by Crippen LogP contribution is 2.30. The number of fused-ring (bicyclic) bond motifs is 1. The molecule has 3 aromatic carbocycles. The molecule has 0 atom stereocenters. The standard InChI is InChI=1S/C23H17BrN2O5/c24-18-5-2-4-17(12-18)23(28)31-19-6-1-3-15(11-19)14-25-26-22(27)16-7-8-20-21(13-16)30-10-9-29-20/h1-8,11-14H,9-10H2,(H,26,27)/b25-14+.